The van der Waals surface area contributed by atoms with E-state index in [4.69, 9.17) is 4.74 Å². The SMILES string of the molecule is CC(C)Oc1ccccc1C(=O)c1c(F)cc(F)cc1F. The van der Waals surface area contributed by atoms with Gasteiger partial charge >= 0.3 is 0 Å². The number of halogens is 3. The number of hydrogen-bond acceptors (Lipinski definition) is 2. The molecular weight excluding hydrogens is 281 g/mol. The van der Waals surface area contributed by atoms with Crippen LogP contribution < -0.4 is 4.74 Å². The van der Waals surface area contributed by atoms with Gasteiger partial charge in [-0.1, -0.05) is 12.1 Å². The Labute approximate surface area is 120 Å². The zero-order valence-electron chi connectivity index (χ0n) is 11.5. The molecule has 0 aliphatic rings. The molecule has 0 aliphatic heterocycles. The van der Waals surface area contributed by atoms with Crippen molar-refractivity contribution in [2.75, 3.05) is 0 Å². The largest absolute Gasteiger partial charge is 0.490 e. The Morgan fingerprint density at radius 2 is 1.62 bits per heavy atom. The molecule has 0 aliphatic carbocycles. The first kappa shape index (κ1) is 15.1. The van der Waals surface area contributed by atoms with E-state index in [2.05, 4.69) is 0 Å². The van der Waals surface area contributed by atoms with Crippen molar-refractivity contribution < 1.29 is 22.7 Å². The fraction of sp³-hybridized carbons (Fsp3) is 0.188. The predicted molar refractivity (Wildman–Crippen MR) is 72.0 cm³/mol. The van der Waals surface area contributed by atoms with Crippen molar-refractivity contribution in [2.24, 2.45) is 0 Å². The van der Waals surface area contributed by atoms with E-state index in [0.29, 0.717) is 12.1 Å². The van der Waals surface area contributed by atoms with Crippen LogP contribution in [0.25, 0.3) is 0 Å². The summed E-state index contributed by atoms with van der Waals surface area (Å²) >= 11 is 0. The first-order valence-corrected chi connectivity index (χ1v) is 6.35. The van der Waals surface area contributed by atoms with Gasteiger partial charge in [-0.05, 0) is 26.0 Å². The lowest BCUT2D eigenvalue weighted by Crippen LogP contribution is -2.13. The average Bonchev–Trinajstić information content (AvgIpc) is 2.37. The molecule has 0 bridgehead atoms. The zero-order valence-corrected chi connectivity index (χ0v) is 11.5. The summed E-state index contributed by atoms with van der Waals surface area (Å²) in [5, 5.41) is 0. The average molecular weight is 294 g/mol. The summed E-state index contributed by atoms with van der Waals surface area (Å²) in [6, 6.07) is 7.09. The molecule has 5 heteroatoms. The standard InChI is InChI=1S/C16H13F3O2/c1-9(2)21-14-6-4-3-5-11(14)16(20)15-12(18)7-10(17)8-13(15)19/h3-9H,1-2H3. The Bertz CT molecular complexity index is 658. The van der Waals surface area contributed by atoms with Crippen molar-refractivity contribution in [1.82, 2.24) is 0 Å². The molecular formula is C16H13F3O2. The molecule has 110 valence electrons. The van der Waals surface area contributed by atoms with Gasteiger partial charge in [0.1, 0.15) is 23.2 Å². The molecule has 0 aromatic heterocycles. The van der Waals surface area contributed by atoms with Gasteiger partial charge in [-0.2, -0.15) is 0 Å². The molecule has 2 nitrogen and oxygen atoms in total. The lowest BCUT2D eigenvalue weighted by atomic mass is 10.0. The number of hydrogen-bond donors (Lipinski definition) is 0. The number of ether oxygens (including phenoxy) is 1. The smallest absolute Gasteiger partial charge is 0.202 e. The molecule has 0 atom stereocenters. The molecule has 0 unspecified atom stereocenters. The molecule has 2 aromatic rings. The molecule has 0 radical (unpaired) electrons. The Hall–Kier alpha value is -2.30. The van der Waals surface area contributed by atoms with E-state index in [1.165, 1.54) is 12.1 Å². The lowest BCUT2D eigenvalue weighted by molar-refractivity contribution is 0.102. The van der Waals surface area contributed by atoms with Crippen LogP contribution in [0.1, 0.15) is 29.8 Å². The highest BCUT2D eigenvalue weighted by molar-refractivity contribution is 6.11. The fourth-order valence-electron chi connectivity index (χ4n) is 1.90. The number of para-hydroxylation sites is 1. The summed E-state index contributed by atoms with van der Waals surface area (Å²) in [6.45, 7) is 3.53. The first-order chi connectivity index (χ1) is 9.90. The van der Waals surface area contributed by atoms with Crippen LogP contribution in [0, 0.1) is 17.5 Å². The Morgan fingerprint density at radius 3 is 2.19 bits per heavy atom. The molecule has 0 saturated heterocycles. The van der Waals surface area contributed by atoms with Crippen LogP contribution in [0.2, 0.25) is 0 Å². The topological polar surface area (TPSA) is 26.3 Å². The van der Waals surface area contributed by atoms with Crippen molar-refractivity contribution in [3.8, 4) is 5.75 Å². The normalized spacial score (nSPS) is 10.8. The Balaban J connectivity index is 2.51. The highest BCUT2D eigenvalue weighted by atomic mass is 19.1. The molecule has 0 saturated carbocycles. The molecule has 0 spiro atoms. The Morgan fingerprint density at radius 1 is 1.05 bits per heavy atom. The van der Waals surface area contributed by atoms with Crippen LogP contribution in [-0.2, 0) is 0 Å². The summed E-state index contributed by atoms with van der Waals surface area (Å²) in [5.74, 6) is -4.22. The predicted octanol–water partition coefficient (Wildman–Crippen LogP) is 4.12. The summed E-state index contributed by atoms with van der Waals surface area (Å²) in [4.78, 5) is 12.3. The molecule has 0 amide bonds. The van der Waals surface area contributed by atoms with Gasteiger partial charge in [-0.3, -0.25) is 4.79 Å². The molecule has 0 heterocycles. The second kappa shape index (κ2) is 5.99. The summed E-state index contributed by atoms with van der Waals surface area (Å²) in [7, 11) is 0. The second-order valence-electron chi connectivity index (χ2n) is 4.74. The molecule has 0 fully saturated rings. The van der Waals surface area contributed by atoms with Gasteiger partial charge in [0.2, 0.25) is 5.78 Å². The van der Waals surface area contributed by atoms with Crippen LogP contribution in [0.3, 0.4) is 0 Å². The van der Waals surface area contributed by atoms with E-state index in [9.17, 15) is 18.0 Å². The molecule has 21 heavy (non-hydrogen) atoms. The highest BCUT2D eigenvalue weighted by Crippen LogP contribution is 2.25. The van der Waals surface area contributed by atoms with Crippen LogP contribution in [0.4, 0.5) is 13.2 Å². The third-order valence-electron chi connectivity index (χ3n) is 2.73. The van der Waals surface area contributed by atoms with Gasteiger partial charge in [0.15, 0.2) is 0 Å². The van der Waals surface area contributed by atoms with Gasteiger partial charge in [0.05, 0.1) is 17.2 Å². The summed E-state index contributed by atoms with van der Waals surface area (Å²) in [6.07, 6.45) is -0.207. The van der Waals surface area contributed by atoms with Gasteiger partial charge in [0, 0.05) is 12.1 Å². The van der Waals surface area contributed by atoms with E-state index in [1.807, 2.05) is 0 Å². The Kier molecular flexibility index (Phi) is 4.31. The third kappa shape index (κ3) is 3.24. The molecule has 2 rings (SSSR count). The van der Waals surface area contributed by atoms with E-state index in [0.717, 1.165) is 0 Å². The second-order valence-corrected chi connectivity index (χ2v) is 4.74. The van der Waals surface area contributed by atoms with Crippen molar-refractivity contribution in [3.63, 3.8) is 0 Å². The third-order valence-corrected chi connectivity index (χ3v) is 2.73. The van der Waals surface area contributed by atoms with Crippen LogP contribution in [0.5, 0.6) is 5.75 Å². The highest BCUT2D eigenvalue weighted by Gasteiger charge is 2.23. The minimum absolute atomic E-state index is 0.0237. The summed E-state index contributed by atoms with van der Waals surface area (Å²) < 4.78 is 45.8. The van der Waals surface area contributed by atoms with Crippen LogP contribution in [0.15, 0.2) is 36.4 Å². The van der Waals surface area contributed by atoms with Crippen molar-refractivity contribution in [3.05, 3.63) is 65.0 Å². The number of carbonyl (C=O) groups is 1. The quantitative estimate of drug-likeness (QED) is 0.793. The van der Waals surface area contributed by atoms with Crippen molar-refractivity contribution in [2.45, 2.75) is 20.0 Å². The van der Waals surface area contributed by atoms with Crippen molar-refractivity contribution in [1.29, 1.82) is 0 Å². The number of carbonyl (C=O) groups excluding carboxylic acids is 1. The fourth-order valence-corrected chi connectivity index (χ4v) is 1.90. The maximum absolute atomic E-state index is 13.7. The minimum atomic E-state index is -1.24. The molecule has 2 aromatic carbocycles. The van der Waals surface area contributed by atoms with Crippen molar-refractivity contribution >= 4 is 5.78 Å². The van der Waals surface area contributed by atoms with Crippen LogP contribution >= 0.6 is 0 Å². The van der Waals surface area contributed by atoms with E-state index >= 15 is 0 Å². The molecule has 0 N–H and O–H groups in total. The van der Waals surface area contributed by atoms with E-state index in [-0.39, 0.29) is 17.4 Å². The monoisotopic (exact) mass is 294 g/mol. The summed E-state index contributed by atoms with van der Waals surface area (Å²) in [5.41, 5.74) is -0.771. The zero-order chi connectivity index (χ0) is 15.6. The maximum atomic E-state index is 13.7. The van der Waals surface area contributed by atoms with Gasteiger partial charge in [-0.15, -0.1) is 0 Å². The van der Waals surface area contributed by atoms with Crippen LogP contribution in [-0.4, -0.2) is 11.9 Å². The maximum Gasteiger partial charge on any atom is 0.202 e. The number of rotatable bonds is 4. The lowest BCUT2D eigenvalue weighted by Gasteiger charge is -2.14. The van der Waals surface area contributed by atoms with Gasteiger partial charge in [0.25, 0.3) is 0 Å². The number of benzene rings is 2. The van der Waals surface area contributed by atoms with E-state index < -0.39 is 28.8 Å². The van der Waals surface area contributed by atoms with E-state index in [1.54, 1.807) is 26.0 Å². The first-order valence-electron chi connectivity index (χ1n) is 6.35. The minimum Gasteiger partial charge on any atom is -0.490 e. The van der Waals surface area contributed by atoms with Gasteiger partial charge in [-0.25, -0.2) is 13.2 Å². The number of ketones is 1. The van der Waals surface area contributed by atoms with Gasteiger partial charge < -0.3 is 4.74 Å².